The first-order valence-corrected chi connectivity index (χ1v) is 7.20. The summed E-state index contributed by atoms with van der Waals surface area (Å²) in [6.45, 7) is 2.10. The maximum absolute atomic E-state index is 6.06. The second-order valence-corrected chi connectivity index (χ2v) is 5.98. The van der Waals surface area contributed by atoms with Crippen LogP contribution < -0.4 is 0 Å². The summed E-state index contributed by atoms with van der Waals surface area (Å²) in [4.78, 5) is 10.1. The summed E-state index contributed by atoms with van der Waals surface area (Å²) in [7, 11) is 0. The molecule has 0 N–H and O–H groups in total. The molecule has 1 saturated carbocycles. The zero-order chi connectivity index (χ0) is 12.5. The van der Waals surface area contributed by atoms with E-state index in [1.54, 1.807) is 11.8 Å². The number of hydrogen-bond donors (Lipinski definition) is 0. The molecular formula is C14H13ClN2S. The first-order valence-electron chi connectivity index (χ1n) is 6.00. The average Bonchev–Trinajstić information content (AvgIpc) is 3.15. The molecule has 1 aliphatic carbocycles. The van der Waals surface area contributed by atoms with Gasteiger partial charge in [-0.15, -0.1) is 0 Å². The monoisotopic (exact) mass is 276 g/mol. The molecule has 1 aromatic carbocycles. The normalized spacial score (nSPS) is 14.8. The van der Waals surface area contributed by atoms with E-state index in [0.717, 1.165) is 10.9 Å². The molecule has 0 bridgehead atoms. The lowest BCUT2D eigenvalue weighted by Gasteiger charge is -2.06. The van der Waals surface area contributed by atoms with Crippen molar-refractivity contribution < 1.29 is 0 Å². The average molecular weight is 277 g/mol. The van der Waals surface area contributed by atoms with Crippen LogP contribution >= 0.6 is 23.4 Å². The topological polar surface area (TPSA) is 25.8 Å². The van der Waals surface area contributed by atoms with E-state index in [0.29, 0.717) is 11.1 Å². The van der Waals surface area contributed by atoms with E-state index in [1.807, 2.05) is 18.2 Å². The number of benzene rings is 1. The number of aryl methyl sites for hydroxylation is 1. The van der Waals surface area contributed by atoms with Gasteiger partial charge < -0.3 is 0 Å². The Balaban J connectivity index is 1.90. The molecule has 1 aliphatic rings. The molecule has 0 amide bonds. The van der Waals surface area contributed by atoms with Crippen LogP contribution in [0.25, 0.3) is 0 Å². The van der Waals surface area contributed by atoms with E-state index in [9.17, 15) is 0 Å². The molecule has 1 fully saturated rings. The fourth-order valence-electron chi connectivity index (χ4n) is 1.77. The standard InChI is InChI=1S/C14H13ClN2S/c1-9-4-2-3-5-11(9)18-13-8-12(15)16-14(17-13)10-6-7-10/h2-5,8,10H,6-7H2,1H3. The zero-order valence-electron chi connectivity index (χ0n) is 10.1. The van der Waals surface area contributed by atoms with Crippen molar-refractivity contribution in [2.45, 2.75) is 35.6 Å². The smallest absolute Gasteiger partial charge is 0.134 e. The number of halogens is 1. The van der Waals surface area contributed by atoms with E-state index < -0.39 is 0 Å². The van der Waals surface area contributed by atoms with Gasteiger partial charge in [-0.1, -0.05) is 41.6 Å². The Labute approximate surface area is 116 Å². The molecule has 0 aliphatic heterocycles. The quantitative estimate of drug-likeness (QED) is 0.774. The number of hydrogen-bond acceptors (Lipinski definition) is 3. The summed E-state index contributed by atoms with van der Waals surface area (Å²) >= 11 is 7.72. The van der Waals surface area contributed by atoms with Gasteiger partial charge in [0.2, 0.25) is 0 Å². The Morgan fingerprint density at radius 3 is 2.72 bits per heavy atom. The second kappa shape index (κ2) is 4.90. The Hall–Kier alpha value is -1.06. The van der Waals surface area contributed by atoms with E-state index >= 15 is 0 Å². The highest BCUT2D eigenvalue weighted by atomic mass is 35.5. The zero-order valence-corrected chi connectivity index (χ0v) is 11.6. The Bertz CT molecular complexity index is 582. The lowest BCUT2D eigenvalue weighted by Crippen LogP contribution is -1.94. The summed E-state index contributed by atoms with van der Waals surface area (Å²) in [5.41, 5.74) is 1.25. The van der Waals surface area contributed by atoms with Crippen molar-refractivity contribution in [3.05, 3.63) is 46.9 Å². The summed E-state index contributed by atoms with van der Waals surface area (Å²) in [5, 5.41) is 1.48. The maximum Gasteiger partial charge on any atom is 0.134 e. The van der Waals surface area contributed by atoms with E-state index in [2.05, 4.69) is 29.0 Å². The second-order valence-electron chi connectivity index (χ2n) is 4.53. The van der Waals surface area contributed by atoms with Crippen LogP contribution in [0.4, 0.5) is 0 Å². The fourth-order valence-corrected chi connectivity index (χ4v) is 2.94. The summed E-state index contributed by atoms with van der Waals surface area (Å²) in [5.74, 6) is 1.43. The minimum Gasteiger partial charge on any atom is -0.226 e. The van der Waals surface area contributed by atoms with Crippen LogP contribution in [0, 0.1) is 6.92 Å². The van der Waals surface area contributed by atoms with Crippen molar-refractivity contribution in [2.24, 2.45) is 0 Å². The molecule has 0 radical (unpaired) electrons. The van der Waals surface area contributed by atoms with Crippen LogP contribution in [0.5, 0.6) is 0 Å². The molecule has 2 aromatic rings. The van der Waals surface area contributed by atoms with Gasteiger partial charge in [-0.05, 0) is 31.4 Å². The molecule has 92 valence electrons. The van der Waals surface area contributed by atoms with Crippen molar-refractivity contribution >= 4 is 23.4 Å². The third-order valence-corrected chi connectivity index (χ3v) is 4.23. The minimum atomic E-state index is 0.528. The van der Waals surface area contributed by atoms with Gasteiger partial charge in [0.15, 0.2) is 0 Å². The fraction of sp³-hybridized carbons (Fsp3) is 0.286. The van der Waals surface area contributed by atoms with Crippen LogP contribution in [0.3, 0.4) is 0 Å². The maximum atomic E-state index is 6.06. The SMILES string of the molecule is Cc1ccccc1Sc1cc(Cl)nc(C2CC2)n1. The van der Waals surface area contributed by atoms with E-state index in [1.165, 1.54) is 23.3 Å². The molecular weight excluding hydrogens is 264 g/mol. The van der Waals surface area contributed by atoms with Gasteiger partial charge in [0.05, 0.1) is 0 Å². The molecule has 0 spiro atoms. The molecule has 0 unspecified atom stereocenters. The van der Waals surface area contributed by atoms with Crippen molar-refractivity contribution in [3.63, 3.8) is 0 Å². The third kappa shape index (κ3) is 2.68. The van der Waals surface area contributed by atoms with Gasteiger partial charge in [-0.3, -0.25) is 0 Å². The molecule has 2 nitrogen and oxygen atoms in total. The molecule has 4 heteroatoms. The predicted octanol–water partition coefficient (Wildman–Crippen LogP) is 4.47. The van der Waals surface area contributed by atoms with Gasteiger partial charge in [0, 0.05) is 16.9 Å². The van der Waals surface area contributed by atoms with E-state index in [4.69, 9.17) is 11.6 Å². The van der Waals surface area contributed by atoms with Gasteiger partial charge >= 0.3 is 0 Å². The summed E-state index contributed by atoms with van der Waals surface area (Å²) < 4.78 is 0. The molecule has 1 heterocycles. The molecule has 1 aromatic heterocycles. The first-order chi connectivity index (χ1) is 8.72. The van der Waals surface area contributed by atoms with E-state index in [-0.39, 0.29) is 0 Å². The van der Waals surface area contributed by atoms with Gasteiger partial charge in [-0.2, -0.15) is 0 Å². The van der Waals surface area contributed by atoms with Crippen LogP contribution in [-0.4, -0.2) is 9.97 Å². The van der Waals surface area contributed by atoms with Crippen LogP contribution in [0.2, 0.25) is 5.15 Å². The lowest BCUT2D eigenvalue weighted by molar-refractivity contribution is 0.878. The number of aromatic nitrogens is 2. The lowest BCUT2D eigenvalue weighted by atomic mass is 10.2. The number of rotatable bonds is 3. The van der Waals surface area contributed by atoms with Crippen LogP contribution in [-0.2, 0) is 0 Å². The Morgan fingerprint density at radius 1 is 1.22 bits per heavy atom. The summed E-state index contributed by atoms with van der Waals surface area (Å²) in [6, 6.07) is 10.1. The minimum absolute atomic E-state index is 0.528. The predicted molar refractivity (Wildman–Crippen MR) is 74.3 cm³/mol. The number of nitrogens with zero attached hydrogens (tertiary/aromatic N) is 2. The van der Waals surface area contributed by atoms with Crippen molar-refractivity contribution in [3.8, 4) is 0 Å². The molecule has 0 saturated heterocycles. The van der Waals surface area contributed by atoms with Crippen molar-refractivity contribution in [1.82, 2.24) is 9.97 Å². The van der Waals surface area contributed by atoms with Gasteiger partial charge in [0.25, 0.3) is 0 Å². The first kappa shape index (κ1) is 12.0. The van der Waals surface area contributed by atoms with Crippen molar-refractivity contribution in [1.29, 1.82) is 0 Å². The Morgan fingerprint density at radius 2 is 2.00 bits per heavy atom. The van der Waals surface area contributed by atoms with Gasteiger partial charge in [-0.25, -0.2) is 9.97 Å². The Kier molecular flexibility index (Phi) is 3.27. The third-order valence-electron chi connectivity index (χ3n) is 2.94. The molecule has 0 atom stereocenters. The highest BCUT2D eigenvalue weighted by Crippen LogP contribution is 2.39. The largest absolute Gasteiger partial charge is 0.226 e. The highest BCUT2D eigenvalue weighted by Gasteiger charge is 2.27. The van der Waals surface area contributed by atoms with Crippen molar-refractivity contribution in [2.75, 3.05) is 0 Å². The molecule has 18 heavy (non-hydrogen) atoms. The summed E-state index contributed by atoms with van der Waals surface area (Å²) in [6.07, 6.45) is 2.38. The van der Waals surface area contributed by atoms with Crippen LogP contribution in [0.15, 0.2) is 40.3 Å². The molecule has 3 rings (SSSR count). The van der Waals surface area contributed by atoms with Gasteiger partial charge in [0.1, 0.15) is 16.0 Å². The van der Waals surface area contributed by atoms with Crippen LogP contribution in [0.1, 0.15) is 30.1 Å². The highest BCUT2D eigenvalue weighted by molar-refractivity contribution is 7.99.